The van der Waals surface area contributed by atoms with Gasteiger partial charge in [0.25, 0.3) is 5.56 Å². The minimum atomic E-state index is -0.558. The van der Waals surface area contributed by atoms with Crippen LogP contribution in [0.5, 0.6) is 5.75 Å². The number of likely N-dealkylation sites (tertiary alicyclic amines) is 1. The highest BCUT2D eigenvalue weighted by Crippen LogP contribution is 2.36. The molecule has 1 aromatic heterocycles. The van der Waals surface area contributed by atoms with Gasteiger partial charge in [0.2, 0.25) is 0 Å². The molecule has 0 N–H and O–H groups in total. The Morgan fingerprint density at radius 3 is 2.39 bits per heavy atom. The van der Waals surface area contributed by atoms with Gasteiger partial charge in [0.1, 0.15) is 22.7 Å². The molecule has 1 amide bonds. The minimum Gasteiger partial charge on any atom is -0.492 e. The maximum Gasteiger partial charge on any atom is 0.410 e. The molecule has 44 heavy (non-hydrogen) atoms. The monoisotopic (exact) mass is 612 g/mol. The summed E-state index contributed by atoms with van der Waals surface area (Å²) >= 11 is 6.27. The number of ether oxygens (including phenoxy) is 2. The van der Waals surface area contributed by atoms with Crippen LogP contribution in [0.25, 0.3) is 33.4 Å². The zero-order chi connectivity index (χ0) is 31.6. The molecule has 9 heteroatoms. The molecule has 0 aliphatic carbocycles. The van der Waals surface area contributed by atoms with Gasteiger partial charge in [0, 0.05) is 35.5 Å². The maximum absolute atomic E-state index is 13.7. The summed E-state index contributed by atoms with van der Waals surface area (Å²) in [6, 6.07) is 13.8. The van der Waals surface area contributed by atoms with Crippen molar-refractivity contribution in [3.63, 3.8) is 0 Å². The number of rotatable bonds is 5. The van der Waals surface area contributed by atoms with Crippen molar-refractivity contribution in [2.75, 3.05) is 13.2 Å². The second-order valence-electron chi connectivity index (χ2n) is 12.3. The Morgan fingerprint density at radius 2 is 1.80 bits per heavy atom. The number of benzene rings is 2. The van der Waals surface area contributed by atoms with E-state index >= 15 is 0 Å². The van der Waals surface area contributed by atoms with Gasteiger partial charge in [0.15, 0.2) is 0 Å². The molecule has 0 spiro atoms. The molecule has 4 heterocycles. The van der Waals surface area contributed by atoms with Crippen LogP contribution < -0.4 is 10.3 Å². The van der Waals surface area contributed by atoms with Crippen molar-refractivity contribution in [3.05, 3.63) is 75.3 Å². The molecule has 1 saturated heterocycles. The first-order valence-electron chi connectivity index (χ1n) is 14.8. The highest BCUT2D eigenvalue weighted by Gasteiger charge is 2.30. The third-order valence-corrected chi connectivity index (χ3v) is 7.76. The van der Waals surface area contributed by atoms with Crippen molar-refractivity contribution >= 4 is 28.6 Å². The van der Waals surface area contributed by atoms with Crippen molar-refractivity contribution in [3.8, 4) is 40.7 Å². The molecule has 3 aliphatic heterocycles. The lowest BCUT2D eigenvalue weighted by Gasteiger charge is -2.36. The number of hydrogen-bond acceptors (Lipinski definition) is 6. The van der Waals surface area contributed by atoms with Crippen LogP contribution in [-0.2, 0) is 4.74 Å². The van der Waals surface area contributed by atoms with Crippen molar-refractivity contribution in [2.24, 2.45) is 0 Å². The smallest absolute Gasteiger partial charge is 0.410 e. The third kappa shape index (κ3) is 7.06. The summed E-state index contributed by atoms with van der Waals surface area (Å²) in [4.78, 5) is 36.1. The quantitative estimate of drug-likeness (QED) is 0.192. The topological polar surface area (TPSA) is 86.5 Å². The van der Waals surface area contributed by atoms with Crippen molar-refractivity contribution < 1.29 is 14.3 Å². The average molecular weight is 613 g/mol. The molecule has 2 aromatic carbocycles. The van der Waals surface area contributed by atoms with Gasteiger partial charge in [-0.25, -0.2) is 14.3 Å². The molecule has 8 nitrogen and oxygen atoms in total. The molecule has 228 valence electrons. The predicted octanol–water partition coefficient (Wildman–Crippen LogP) is 7.39. The first-order chi connectivity index (χ1) is 20.9. The number of nitrogens with zero attached hydrogens (tertiary/aromatic N) is 4. The molecule has 1 unspecified atom stereocenters. The van der Waals surface area contributed by atoms with Gasteiger partial charge in [-0.2, -0.15) is 0 Å². The lowest BCUT2D eigenvalue weighted by molar-refractivity contribution is 0.00745. The number of terminal acetylenes is 1. The van der Waals surface area contributed by atoms with Crippen LogP contribution in [0.1, 0.15) is 57.6 Å². The molecular formula is C35H37ClN4O4. The first-order valence-corrected chi connectivity index (χ1v) is 15.2. The van der Waals surface area contributed by atoms with E-state index in [4.69, 9.17) is 27.5 Å². The molecule has 1 fully saturated rings. The molecule has 3 aliphatic rings. The lowest BCUT2D eigenvalue weighted by atomic mass is 9.98. The molecule has 0 radical (unpaired) electrons. The van der Waals surface area contributed by atoms with Gasteiger partial charge in [-0.15, -0.1) is 0 Å². The summed E-state index contributed by atoms with van der Waals surface area (Å²) in [6.45, 7) is 10.6. The van der Waals surface area contributed by atoms with Crippen molar-refractivity contribution in [1.82, 2.24) is 19.4 Å². The first kappa shape index (κ1) is 31.1. The highest BCUT2D eigenvalue weighted by atomic mass is 35.5. The Bertz CT molecular complexity index is 1780. The number of piperidine rings is 1. The fraction of sp³-hybridized carbons (Fsp3) is 0.371. The number of fused-ring (bicyclic) bond motifs is 2. The molecule has 3 aromatic rings. The zero-order valence-corrected chi connectivity index (χ0v) is 26.6. The summed E-state index contributed by atoms with van der Waals surface area (Å²) in [5.74, 6) is 0.470. The van der Waals surface area contributed by atoms with Gasteiger partial charge >= 0.3 is 6.09 Å². The van der Waals surface area contributed by atoms with Gasteiger partial charge < -0.3 is 14.4 Å². The number of amides is 1. The van der Waals surface area contributed by atoms with Gasteiger partial charge in [-0.3, -0.25) is 9.78 Å². The third-order valence-electron chi connectivity index (χ3n) is 7.53. The van der Waals surface area contributed by atoms with E-state index in [1.807, 2.05) is 57.7 Å². The van der Waals surface area contributed by atoms with Gasteiger partial charge in [0.05, 0.1) is 30.1 Å². The SMILES string of the molecule is C#Cn1c(=O)c(-c2cc(C)cc(C)c2)c(OCCC2CCCCN2C(=O)OC(C)(C)C)c2ccc(Cl)cc21.c1ncc2nc1-2. The van der Waals surface area contributed by atoms with E-state index in [2.05, 4.69) is 22.1 Å². The van der Waals surface area contributed by atoms with Crippen LogP contribution in [0.3, 0.4) is 0 Å². The molecule has 0 saturated carbocycles. The number of aryl methyl sites for hydroxylation is 2. The molecule has 6 rings (SSSR count). The maximum atomic E-state index is 13.7. The van der Waals surface area contributed by atoms with Gasteiger partial charge in [-0.1, -0.05) is 47.4 Å². The van der Waals surface area contributed by atoms with Crippen LogP contribution in [0.2, 0.25) is 5.02 Å². The van der Waals surface area contributed by atoms with E-state index in [0.717, 1.165) is 47.3 Å². The number of aromatic nitrogens is 3. The summed E-state index contributed by atoms with van der Waals surface area (Å²) in [7, 11) is 0. The summed E-state index contributed by atoms with van der Waals surface area (Å²) < 4.78 is 13.4. The van der Waals surface area contributed by atoms with E-state index in [1.165, 1.54) is 4.57 Å². The van der Waals surface area contributed by atoms with Crippen LogP contribution >= 0.6 is 11.6 Å². The molecular weight excluding hydrogens is 576 g/mol. The number of hydrogen-bond donors (Lipinski definition) is 0. The Balaban J connectivity index is 0.000000561. The van der Waals surface area contributed by atoms with E-state index < -0.39 is 5.60 Å². The molecule has 0 bridgehead atoms. The number of carbonyl (C=O) groups excluding carboxylic acids is 1. The second-order valence-corrected chi connectivity index (χ2v) is 12.7. The summed E-state index contributed by atoms with van der Waals surface area (Å²) in [6.07, 6.45) is 12.5. The Kier molecular flexibility index (Phi) is 8.98. The standard InChI is InChI=1S/C31H35ClN2O4.C4H2N2/c1-7-33-26-19-23(32)11-12-25(26)28(27(29(33)35)22-17-20(2)16-21(3)18-22)37-15-13-24-10-8-9-14-34(24)30(36)38-31(4,5)6;1-3-4(6-3)2-5-1/h1,11-12,16-19,24H,8-10,13-15H2,2-6H3;1-2H. The number of pyridine rings is 1. The van der Waals surface area contributed by atoms with Crippen LogP contribution in [0.4, 0.5) is 4.79 Å². The van der Waals surface area contributed by atoms with Crippen LogP contribution in [0.15, 0.2) is 53.6 Å². The van der Waals surface area contributed by atoms with Crippen LogP contribution in [-0.4, -0.2) is 50.3 Å². The highest BCUT2D eigenvalue weighted by molar-refractivity contribution is 6.31. The fourth-order valence-corrected chi connectivity index (χ4v) is 5.78. The van der Waals surface area contributed by atoms with E-state index in [0.29, 0.717) is 46.8 Å². The Morgan fingerprint density at radius 1 is 1.09 bits per heavy atom. The van der Waals surface area contributed by atoms with E-state index in [9.17, 15) is 9.59 Å². The van der Waals surface area contributed by atoms with Crippen molar-refractivity contribution in [1.29, 1.82) is 0 Å². The van der Waals surface area contributed by atoms with E-state index in [1.54, 1.807) is 24.5 Å². The Labute approximate surface area is 263 Å². The van der Waals surface area contributed by atoms with E-state index in [-0.39, 0.29) is 17.7 Å². The van der Waals surface area contributed by atoms with Crippen molar-refractivity contribution in [2.45, 2.75) is 71.9 Å². The number of halogens is 1. The average Bonchev–Trinajstić information content (AvgIpc) is 3.55. The predicted molar refractivity (Wildman–Crippen MR) is 174 cm³/mol. The van der Waals surface area contributed by atoms with Crippen LogP contribution in [0, 0.1) is 26.3 Å². The fourth-order valence-electron chi connectivity index (χ4n) is 5.62. The minimum absolute atomic E-state index is 0.00458. The summed E-state index contributed by atoms with van der Waals surface area (Å²) in [5.41, 5.74) is 4.97. The van der Waals surface area contributed by atoms with Gasteiger partial charge in [-0.05, 0) is 77.6 Å². The number of carbonyl (C=O) groups is 1. The largest absolute Gasteiger partial charge is 0.492 e. The Hall–Kier alpha value is -4.35. The second kappa shape index (κ2) is 12.7. The zero-order valence-electron chi connectivity index (χ0n) is 25.8. The normalized spacial score (nSPS) is 15.2. The molecule has 1 atom stereocenters. The lowest BCUT2D eigenvalue weighted by Crippen LogP contribution is -2.46. The summed E-state index contributed by atoms with van der Waals surface area (Å²) in [5, 5.41) is 1.18.